The molecule has 0 saturated carbocycles. The summed E-state index contributed by atoms with van der Waals surface area (Å²) in [7, 11) is 0. The van der Waals surface area contributed by atoms with Gasteiger partial charge in [-0.15, -0.1) is 0 Å². The second kappa shape index (κ2) is 10.4. The largest absolute Gasteiger partial charge is 0.459 e. The van der Waals surface area contributed by atoms with Gasteiger partial charge >= 0.3 is 5.97 Å². The van der Waals surface area contributed by atoms with Crippen molar-refractivity contribution in [2.24, 2.45) is 0 Å². The Balaban J connectivity index is 1.39. The van der Waals surface area contributed by atoms with Crippen LogP contribution in [0, 0.1) is 0 Å². The number of hydrogen-bond donors (Lipinski definition) is 0. The number of hydrogen-bond acceptors (Lipinski definition) is 5. The molecule has 7 heteroatoms. The van der Waals surface area contributed by atoms with Crippen LogP contribution < -0.4 is 0 Å². The molecule has 1 fully saturated rings. The monoisotopic (exact) mass is 588 g/mol. The third kappa shape index (κ3) is 5.88. The molecule has 0 atom stereocenters. The summed E-state index contributed by atoms with van der Waals surface area (Å²) in [6.45, 7) is 8.21. The summed E-state index contributed by atoms with van der Waals surface area (Å²) in [4.78, 5) is 20.3. The summed E-state index contributed by atoms with van der Waals surface area (Å²) in [5, 5.41) is 1.06. The molecule has 0 spiro atoms. The van der Waals surface area contributed by atoms with Crippen molar-refractivity contribution in [2.45, 2.75) is 51.2 Å². The first-order valence-corrected chi connectivity index (χ1v) is 13.1. The SMILES string of the molecule is CC(C)(C)OC(=O)C1(c2ccccc2)CCN(COCc2cc(Br)c3cc(Br)ccc3n2)CC1. The summed E-state index contributed by atoms with van der Waals surface area (Å²) < 4.78 is 13.9. The average molecular weight is 590 g/mol. The van der Waals surface area contributed by atoms with E-state index >= 15 is 0 Å². The van der Waals surface area contributed by atoms with E-state index in [0.29, 0.717) is 26.2 Å². The summed E-state index contributed by atoms with van der Waals surface area (Å²) in [5.41, 5.74) is 1.70. The van der Waals surface area contributed by atoms with E-state index in [1.165, 1.54) is 0 Å². The molecule has 0 bridgehead atoms. The molecule has 34 heavy (non-hydrogen) atoms. The number of benzene rings is 2. The molecular weight excluding hydrogens is 560 g/mol. The van der Waals surface area contributed by atoms with Crippen LogP contribution in [0.5, 0.6) is 0 Å². The van der Waals surface area contributed by atoms with Crippen LogP contribution in [0.2, 0.25) is 0 Å². The fourth-order valence-corrected chi connectivity index (χ4v) is 5.31. The van der Waals surface area contributed by atoms with Gasteiger partial charge in [0.1, 0.15) is 5.60 Å². The molecule has 1 saturated heterocycles. The first-order valence-electron chi connectivity index (χ1n) is 11.5. The van der Waals surface area contributed by atoms with E-state index in [4.69, 9.17) is 14.5 Å². The van der Waals surface area contributed by atoms with Crippen molar-refractivity contribution in [3.05, 3.63) is 74.8 Å². The van der Waals surface area contributed by atoms with Gasteiger partial charge < -0.3 is 9.47 Å². The topological polar surface area (TPSA) is 51.7 Å². The van der Waals surface area contributed by atoms with E-state index in [1.807, 2.05) is 69.3 Å². The highest BCUT2D eigenvalue weighted by Gasteiger charge is 2.45. The smallest absolute Gasteiger partial charge is 0.317 e. The Hall–Kier alpha value is -1.80. The second-order valence-corrected chi connectivity index (χ2v) is 11.6. The van der Waals surface area contributed by atoms with Gasteiger partial charge in [-0.25, -0.2) is 0 Å². The normalized spacial score (nSPS) is 16.5. The molecule has 5 nitrogen and oxygen atoms in total. The van der Waals surface area contributed by atoms with Gasteiger partial charge in [0.2, 0.25) is 0 Å². The number of halogens is 2. The number of rotatable bonds is 6. The molecule has 180 valence electrons. The zero-order valence-electron chi connectivity index (χ0n) is 19.8. The van der Waals surface area contributed by atoms with Gasteiger partial charge in [0, 0.05) is 27.4 Å². The third-order valence-electron chi connectivity index (χ3n) is 6.12. The van der Waals surface area contributed by atoms with E-state index in [9.17, 15) is 4.79 Å². The van der Waals surface area contributed by atoms with Crippen molar-refractivity contribution >= 4 is 48.7 Å². The van der Waals surface area contributed by atoms with Crippen LogP contribution in [-0.2, 0) is 26.3 Å². The molecule has 1 aliphatic heterocycles. The van der Waals surface area contributed by atoms with Gasteiger partial charge in [0.25, 0.3) is 0 Å². The zero-order chi connectivity index (χ0) is 24.3. The number of ether oxygens (including phenoxy) is 2. The standard InChI is InChI=1S/C27H30Br2N2O3/c1-26(2,3)34-25(32)27(19-7-5-4-6-8-19)11-13-31(14-12-27)18-33-17-21-16-23(29)22-15-20(28)9-10-24(22)30-21/h4-10,15-16H,11-14,17-18H2,1-3H3. The van der Waals surface area contributed by atoms with Gasteiger partial charge in [-0.05, 0) is 63.4 Å². The van der Waals surface area contributed by atoms with Crippen molar-refractivity contribution in [3.63, 3.8) is 0 Å². The van der Waals surface area contributed by atoms with Crippen LogP contribution in [0.1, 0.15) is 44.9 Å². The molecule has 0 radical (unpaired) electrons. The maximum absolute atomic E-state index is 13.3. The Labute approximate surface area is 218 Å². The predicted molar refractivity (Wildman–Crippen MR) is 142 cm³/mol. The summed E-state index contributed by atoms with van der Waals surface area (Å²) >= 11 is 7.16. The quantitative estimate of drug-likeness (QED) is 0.303. The van der Waals surface area contributed by atoms with E-state index in [2.05, 4.69) is 42.8 Å². The van der Waals surface area contributed by atoms with Crippen molar-refractivity contribution in [1.29, 1.82) is 0 Å². The fraction of sp³-hybridized carbons (Fsp3) is 0.407. The number of likely N-dealkylation sites (tertiary alicyclic amines) is 1. The lowest BCUT2D eigenvalue weighted by Gasteiger charge is -2.41. The number of aromatic nitrogens is 1. The van der Waals surface area contributed by atoms with Crippen LogP contribution in [0.15, 0.2) is 63.5 Å². The molecular formula is C27H30Br2N2O3. The number of piperidine rings is 1. The minimum atomic E-state index is -0.621. The zero-order valence-corrected chi connectivity index (χ0v) is 23.0. The highest BCUT2D eigenvalue weighted by Crippen LogP contribution is 2.38. The van der Waals surface area contributed by atoms with Gasteiger partial charge in [0.05, 0.1) is 30.0 Å². The van der Waals surface area contributed by atoms with Crippen LogP contribution in [-0.4, -0.2) is 41.3 Å². The predicted octanol–water partition coefficient (Wildman–Crippen LogP) is 6.61. The lowest BCUT2D eigenvalue weighted by molar-refractivity contribution is -0.165. The number of nitrogens with zero attached hydrogens (tertiary/aromatic N) is 2. The second-order valence-electron chi connectivity index (χ2n) is 9.80. The summed E-state index contributed by atoms with van der Waals surface area (Å²) in [6.07, 6.45) is 1.40. The molecule has 3 aromatic rings. The maximum atomic E-state index is 13.3. The molecule has 0 unspecified atom stereocenters. The highest BCUT2D eigenvalue weighted by molar-refractivity contribution is 9.11. The van der Waals surface area contributed by atoms with Crippen molar-refractivity contribution in [1.82, 2.24) is 9.88 Å². The molecule has 2 aromatic carbocycles. The number of carbonyl (C=O) groups is 1. The third-order valence-corrected chi connectivity index (χ3v) is 7.27. The van der Waals surface area contributed by atoms with Crippen molar-refractivity contribution < 1.29 is 14.3 Å². The minimum absolute atomic E-state index is 0.136. The lowest BCUT2D eigenvalue weighted by atomic mass is 9.72. The Bertz CT molecular complexity index is 1150. The van der Waals surface area contributed by atoms with Gasteiger partial charge in [0.15, 0.2) is 0 Å². The number of carbonyl (C=O) groups excluding carboxylic acids is 1. The Kier molecular flexibility index (Phi) is 7.77. The van der Waals surface area contributed by atoms with Crippen LogP contribution in [0.25, 0.3) is 10.9 Å². The average Bonchev–Trinajstić information content (AvgIpc) is 2.79. The maximum Gasteiger partial charge on any atom is 0.317 e. The molecule has 0 N–H and O–H groups in total. The lowest BCUT2D eigenvalue weighted by Crippen LogP contribution is -2.50. The van der Waals surface area contributed by atoms with Crippen LogP contribution >= 0.6 is 31.9 Å². The first-order chi connectivity index (χ1) is 16.2. The minimum Gasteiger partial charge on any atom is -0.459 e. The van der Waals surface area contributed by atoms with Crippen molar-refractivity contribution in [2.75, 3.05) is 19.8 Å². The number of pyridine rings is 1. The number of fused-ring (bicyclic) bond motifs is 1. The van der Waals surface area contributed by atoms with E-state index in [1.54, 1.807) is 0 Å². The molecule has 1 aliphatic rings. The Morgan fingerprint density at radius 2 is 1.76 bits per heavy atom. The molecule has 1 aromatic heterocycles. The van der Waals surface area contributed by atoms with E-state index < -0.39 is 11.0 Å². The van der Waals surface area contributed by atoms with Gasteiger partial charge in [-0.1, -0.05) is 62.2 Å². The summed E-state index contributed by atoms with van der Waals surface area (Å²) in [5.74, 6) is -0.136. The highest BCUT2D eigenvalue weighted by atomic mass is 79.9. The Morgan fingerprint density at radius 1 is 1.06 bits per heavy atom. The molecule has 4 rings (SSSR count). The Morgan fingerprint density at radius 3 is 2.44 bits per heavy atom. The number of esters is 1. The molecule has 2 heterocycles. The van der Waals surface area contributed by atoms with Gasteiger partial charge in [-0.2, -0.15) is 0 Å². The van der Waals surface area contributed by atoms with Crippen LogP contribution in [0.3, 0.4) is 0 Å². The molecule has 0 aliphatic carbocycles. The first kappa shape index (κ1) is 25.3. The summed E-state index contributed by atoms with van der Waals surface area (Å²) in [6, 6.07) is 18.1. The van der Waals surface area contributed by atoms with Crippen LogP contribution in [0.4, 0.5) is 0 Å². The van der Waals surface area contributed by atoms with E-state index in [-0.39, 0.29) is 5.97 Å². The van der Waals surface area contributed by atoms with Gasteiger partial charge in [-0.3, -0.25) is 14.7 Å². The van der Waals surface area contributed by atoms with Crippen molar-refractivity contribution in [3.8, 4) is 0 Å². The molecule has 0 amide bonds. The van der Waals surface area contributed by atoms with E-state index in [0.717, 1.165) is 44.2 Å². The fourth-order valence-electron chi connectivity index (χ4n) is 4.37.